The zero-order chi connectivity index (χ0) is 15.5. The minimum absolute atomic E-state index is 0.0115. The highest BCUT2D eigenvalue weighted by Crippen LogP contribution is 2.38. The van der Waals surface area contributed by atoms with E-state index in [1.165, 1.54) is 0 Å². The van der Waals surface area contributed by atoms with Gasteiger partial charge in [-0.2, -0.15) is 4.36 Å². The molecule has 0 heterocycles. The van der Waals surface area contributed by atoms with Gasteiger partial charge in [0.2, 0.25) is 0 Å². The second-order valence-corrected chi connectivity index (χ2v) is 8.45. The molecule has 0 saturated heterocycles. The maximum Gasteiger partial charge on any atom is 0.252 e. The molecular formula is C15H22F2N2OS. The van der Waals surface area contributed by atoms with Gasteiger partial charge in [0, 0.05) is 46.8 Å². The molecule has 1 aromatic rings. The first-order valence-electron chi connectivity index (χ1n) is 7.15. The first kappa shape index (κ1) is 16.2. The van der Waals surface area contributed by atoms with Gasteiger partial charge in [0.05, 0.1) is 5.69 Å². The van der Waals surface area contributed by atoms with E-state index >= 15 is 0 Å². The summed E-state index contributed by atoms with van der Waals surface area (Å²) in [6, 6.07) is 7.10. The Kier molecular flexibility index (Phi) is 4.86. The van der Waals surface area contributed by atoms with Crippen LogP contribution in [-0.2, 0) is 9.73 Å². The van der Waals surface area contributed by atoms with Crippen molar-refractivity contribution in [1.82, 2.24) is 0 Å². The molecule has 1 unspecified atom stereocenters. The summed E-state index contributed by atoms with van der Waals surface area (Å²) in [5, 5.41) is 3.06. The minimum atomic E-state index is -2.58. The molecule has 1 aromatic carbocycles. The van der Waals surface area contributed by atoms with Crippen molar-refractivity contribution in [3.63, 3.8) is 0 Å². The largest absolute Gasteiger partial charge is 0.384 e. The van der Waals surface area contributed by atoms with E-state index in [2.05, 4.69) is 9.68 Å². The SMILES string of the molecule is CS(C)(=O)=Nc1cccc(NCC2CCCCC2(F)F)c1. The van der Waals surface area contributed by atoms with E-state index in [0.717, 1.165) is 12.1 Å². The third-order valence-corrected chi connectivity index (χ3v) is 4.28. The summed E-state index contributed by atoms with van der Waals surface area (Å²) in [6.45, 7) is 0.254. The van der Waals surface area contributed by atoms with Crippen LogP contribution < -0.4 is 5.32 Å². The van der Waals surface area contributed by atoms with Crippen LogP contribution in [0, 0.1) is 5.92 Å². The van der Waals surface area contributed by atoms with Gasteiger partial charge >= 0.3 is 0 Å². The predicted molar refractivity (Wildman–Crippen MR) is 83.9 cm³/mol. The zero-order valence-corrected chi connectivity index (χ0v) is 13.3. The van der Waals surface area contributed by atoms with Crippen molar-refractivity contribution in [2.45, 2.75) is 31.6 Å². The highest BCUT2D eigenvalue weighted by Gasteiger charge is 2.40. The Morgan fingerprint density at radius 1 is 1.38 bits per heavy atom. The molecule has 0 amide bonds. The van der Waals surface area contributed by atoms with E-state index in [1.807, 2.05) is 6.07 Å². The Morgan fingerprint density at radius 3 is 2.81 bits per heavy atom. The number of anilines is 1. The lowest BCUT2D eigenvalue weighted by Gasteiger charge is -2.31. The molecule has 0 bridgehead atoms. The molecule has 1 N–H and O–H groups in total. The van der Waals surface area contributed by atoms with Crippen LogP contribution in [0.15, 0.2) is 28.6 Å². The fraction of sp³-hybridized carbons (Fsp3) is 0.600. The number of hydrogen-bond donors (Lipinski definition) is 1. The third kappa shape index (κ3) is 4.95. The fourth-order valence-corrected chi connectivity index (χ4v) is 3.21. The number of alkyl halides is 2. The minimum Gasteiger partial charge on any atom is -0.384 e. The molecule has 1 aliphatic carbocycles. The van der Waals surface area contributed by atoms with Crippen molar-refractivity contribution in [1.29, 1.82) is 0 Å². The average molecular weight is 316 g/mol. The quantitative estimate of drug-likeness (QED) is 0.900. The summed E-state index contributed by atoms with van der Waals surface area (Å²) < 4.78 is 43.3. The van der Waals surface area contributed by atoms with Gasteiger partial charge < -0.3 is 5.32 Å². The Hall–Kier alpha value is -1.17. The molecule has 2 rings (SSSR count). The maximum atomic E-state index is 13.8. The van der Waals surface area contributed by atoms with E-state index in [-0.39, 0.29) is 13.0 Å². The summed E-state index contributed by atoms with van der Waals surface area (Å²) in [5.74, 6) is -3.19. The van der Waals surface area contributed by atoms with Gasteiger partial charge in [0.15, 0.2) is 0 Å². The predicted octanol–water partition coefficient (Wildman–Crippen LogP) is 4.28. The topological polar surface area (TPSA) is 41.5 Å². The van der Waals surface area contributed by atoms with Crippen molar-refractivity contribution in [3.05, 3.63) is 24.3 Å². The lowest BCUT2D eigenvalue weighted by Crippen LogP contribution is -2.36. The normalized spacial score (nSPS) is 21.8. The van der Waals surface area contributed by atoms with Gasteiger partial charge in [0.1, 0.15) is 0 Å². The van der Waals surface area contributed by atoms with E-state index in [9.17, 15) is 13.0 Å². The molecule has 0 spiro atoms. The first-order chi connectivity index (χ1) is 9.76. The van der Waals surface area contributed by atoms with Crippen LogP contribution in [0.25, 0.3) is 0 Å². The maximum absolute atomic E-state index is 13.8. The highest BCUT2D eigenvalue weighted by atomic mass is 32.2. The molecule has 0 aromatic heterocycles. The molecule has 0 aliphatic heterocycles. The number of benzene rings is 1. The van der Waals surface area contributed by atoms with E-state index in [4.69, 9.17) is 0 Å². The van der Waals surface area contributed by atoms with Crippen LogP contribution in [0.3, 0.4) is 0 Å². The lowest BCUT2D eigenvalue weighted by molar-refractivity contribution is -0.0802. The van der Waals surface area contributed by atoms with Crippen LogP contribution >= 0.6 is 0 Å². The standard InChI is InChI=1S/C15H22F2N2OS/c1-21(2,20)19-14-8-5-7-13(10-14)18-11-12-6-3-4-9-15(12,16)17/h5,7-8,10,12,18H,3-4,6,9,11H2,1-2H3. The Bertz CT molecular complexity index is 601. The zero-order valence-electron chi connectivity index (χ0n) is 12.4. The van der Waals surface area contributed by atoms with Gasteiger partial charge in [-0.1, -0.05) is 12.5 Å². The summed E-state index contributed by atoms with van der Waals surface area (Å²) >= 11 is 0. The Morgan fingerprint density at radius 2 is 2.14 bits per heavy atom. The van der Waals surface area contributed by atoms with E-state index in [1.54, 1.807) is 30.7 Å². The third-order valence-electron chi connectivity index (χ3n) is 3.63. The Balaban J connectivity index is 2.04. The fourth-order valence-electron chi connectivity index (χ4n) is 2.59. The number of hydrogen-bond acceptors (Lipinski definition) is 3. The van der Waals surface area contributed by atoms with Gasteiger partial charge in [-0.15, -0.1) is 0 Å². The van der Waals surface area contributed by atoms with Crippen molar-refractivity contribution >= 4 is 21.1 Å². The van der Waals surface area contributed by atoms with Crippen LogP contribution in [-0.4, -0.2) is 29.2 Å². The average Bonchev–Trinajstić information content (AvgIpc) is 2.35. The van der Waals surface area contributed by atoms with Gasteiger partial charge in [-0.05, 0) is 31.0 Å². The molecule has 0 radical (unpaired) electrons. The van der Waals surface area contributed by atoms with Crippen molar-refractivity contribution in [2.24, 2.45) is 10.3 Å². The molecule has 1 fully saturated rings. The van der Waals surface area contributed by atoms with Crippen LogP contribution in [0.2, 0.25) is 0 Å². The smallest absolute Gasteiger partial charge is 0.252 e. The molecular weight excluding hydrogens is 294 g/mol. The van der Waals surface area contributed by atoms with Gasteiger partial charge in [-0.3, -0.25) is 0 Å². The summed E-state index contributed by atoms with van der Waals surface area (Å²) in [6.07, 6.45) is 5.15. The summed E-state index contributed by atoms with van der Waals surface area (Å²) in [7, 11) is -2.22. The first-order valence-corrected chi connectivity index (χ1v) is 9.48. The van der Waals surface area contributed by atoms with Gasteiger partial charge in [-0.25, -0.2) is 13.0 Å². The number of nitrogens with one attached hydrogen (secondary N) is 1. The second kappa shape index (κ2) is 6.30. The molecule has 1 aliphatic rings. The lowest BCUT2D eigenvalue weighted by atomic mass is 9.85. The van der Waals surface area contributed by atoms with Crippen LogP contribution in [0.5, 0.6) is 0 Å². The molecule has 21 heavy (non-hydrogen) atoms. The highest BCUT2D eigenvalue weighted by molar-refractivity contribution is 7.92. The van der Waals surface area contributed by atoms with Crippen LogP contribution in [0.4, 0.5) is 20.2 Å². The molecule has 118 valence electrons. The monoisotopic (exact) mass is 316 g/mol. The summed E-state index contributed by atoms with van der Waals surface area (Å²) in [5.41, 5.74) is 1.34. The molecule has 1 atom stereocenters. The van der Waals surface area contributed by atoms with Crippen molar-refractivity contribution in [3.8, 4) is 0 Å². The molecule has 1 saturated carbocycles. The Labute approximate surface area is 125 Å². The van der Waals surface area contributed by atoms with Crippen molar-refractivity contribution in [2.75, 3.05) is 24.4 Å². The molecule has 3 nitrogen and oxygen atoms in total. The number of rotatable bonds is 4. The van der Waals surface area contributed by atoms with Crippen molar-refractivity contribution < 1.29 is 13.0 Å². The number of nitrogens with zero attached hydrogens (tertiary/aromatic N) is 1. The van der Waals surface area contributed by atoms with E-state index in [0.29, 0.717) is 18.5 Å². The number of halogens is 2. The van der Waals surface area contributed by atoms with Gasteiger partial charge in [0.25, 0.3) is 5.92 Å². The molecule has 6 heteroatoms. The van der Waals surface area contributed by atoms with Crippen LogP contribution in [0.1, 0.15) is 25.7 Å². The second-order valence-electron chi connectivity index (χ2n) is 5.91. The van der Waals surface area contributed by atoms with E-state index < -0.39 is 21.6 Å². The summed E-state index contributed by atoms with van der Waals surface area (Å²) in [4.78, 5) is 0.